The number of amides is 1. The van der Waals surface area contributed by atoms with Crippen molar-refractivity contribution in [3.05, 3.63) is 65.7 Å². The number of hydrogen-bond acceptors (Lipinski definition) is 7. The van der Waals surface area contributed by atoms with Gasteiger partial charge in [-0.15, -0.1) is 22.0 Å². The average Bonchev–Trinajstić information content (AvgIpc) is 3.22. The molecule has 2 N–H and O–H groups in total. The Morgan fingerprint density at radius 2 is 1.93 bits per heavy atom. The van der Waals surface area contributed by atoms with Gasteiger partial charge in [-0.25, -0.2) is 8.42 Å². The molecular weight excluding hydrogens is 436 g/mol. The quantitative estimate of drug-likeness (QED) is 0.534. The lowest BCUT2D eigenvalue weighted by Gasteiger charge is -2.12. The van der Waals surface area contributed by atoms with Crippen molar-refractivity contribution in [2.75, 3.05) is 10.0 Å². The van der Waals surface area contributed by atoms with Gasteiger partial charge < -0.3 is 9.73 Å². The third-order valence-corrected chi connectivity index (χ3v) is 6.47. The summed E-state index contributed by atoms with van der Waals surface area (Å²) in [6, 6.07) is 12.3. The minimum absolute atomic E-state index is 0.0208. The van der Waals surface area contributed by atoms with Gasteiger partial charge in [0.05, 0.1) is 22.2 Å². The third-order valence-electron chi connectivity index (χ3n) is 3.73. The summed E-state index contributed by atoms with van der Waals surface area (Å²) in [6.45, 7) is 1.79. The molecule has 0 radical (unpaired) electrons. The van der Waals surface area contributed by atoms with Crippen molar-refractivity contribution in [2.24, 2.45) is 0 Å². The second-order valence-electron chi connectivity index (χ2n) is 5.89. The molecule has 1 aromatic carbocycles. The second-order valence-corrected chi connectivity index (χ2v) is 9.29. The summed E-state index contributed by atoms with van der Waals surface area (Å²) in [5.74, 6) is 1.24. The monoisotopic (exact) mass is 452 g/mol. The van der Waals surface area contributed by atoms with Gasteiger partial charge in [-0.2, -0.15) is 0 Å². The standard InChI is InChI=1S/C18H17ClN4O4S2/c1-12(28-11-14-3-2-10-27-14)18(24)20-13-4-6-15(7-5-13)29(25,26)23-17-9-8-16(19)21-22-17/h2-10,12H,11H2,1H3,(H,20,24)(H,22,23). The van der Waals surface area contributed by atoms with Crippen LogP contribution in [0.1, 0.15) is 12.7 Å². The molecule has 29 heavy (non-hydrogen) atoms. The Labute approximate surface area is 177 Å². The van der Waals surface area contributed by atoms with E-state index in [4.69, 9.17) is 16.0 Å². The molecule has 0 aliphatic carbocycles. The maximum Gasteiger partial charge on any atom is 0.263 e. The van der Waals surface area contributed by atoms with Gasteiger partial charge in [-0.05, 0) is 55.5 Å². The van der Waals surface area contributed by atoms with Crippen LogP contribution >= 0.6 is 23.4 Å². The molecule has 0 fully saturated rings. The van der Waals surface area contributed by atoms with Crippen molar-refractivity contribution >= 4 is 50.8 Å². The van der Waals surface area contributed by atoms with Crippen molar-refractivity contribution in [3.8, 4) is 0 Å². The summed E-state index contributed by atoms with van der Waals surface area (Å²) >= 11 is 7.07. The van der Waals surface area contributed by atoms with Crippen LogP contribution in [0.15, 0.2) is 64.1 Å². The van der Waals surface area contributed by atoms with E-state index in [1.54, 1.807) is 19.3 Å². The van der Waals surface area contributed by atoms with Gasteiger partial charge in [-0.1, -0.05) is 11.6 Å². The second kappa shape index (κ2) is 9.29. The normalized spacial score (nSPS) is 12.3. The highest BCUT2D eigenvalue weighted by Crippen LogP contribution is 2.21. The number of nitrogens with one attached hydrogen (secondary N) is 2. The number of rotatable bonds is 8. The van der Waals surface area contributed by atoms with Crippen LogP contribution in [0.3, 0.4) is 0 Å². The van der Waals surface area contributed by atoms with E-state index in [2.05, 4.69) is 20.2 Å². The number of carbonyl (C=O) groups excluding carboxylic acids is 1. The van der Waals surface area contributed by atoms with Crippen LogP contribution in [0.4, 0.5) is 11.5 Å². The number of anilines is 2. The van der Waals surface area contributed by atoms with Crippen molar-refractivity contribution in [1.29, 1.82) is 0 Å². The highest BCUT2D eigenvalue weighted by Gasteiger charge is 2.17. The Morgan fingerprint density at radius 1 is 1.17 bits per heavy atom. The van der Waals surface area contributed by atoms with E-state index in [9.17, 15) is 13.2 Å². The number of aromatic nitrogens is 2. The number of hydrogen-bond donors (Lipinski definition) is 2. The minimum Gasteiger partial charge on any atom is -0.468 e. The summed E-state index contributed by atoms with van der Waals surface area (Å²) in [4.78, 5) is 12.3. The fourth-order valence-electron chi connectivity index (χ4n) is 2.21. The zero-order valence-corrected chi connectivity index (χ0v) is 17.6. The van der Waals surface area contributed by atoms with Crippen LogP contribution in [0, 0.1) is 0 Å². The average molecular weight is 453 g/mol. The molecule has 1 atom stereocenters. The number of halogens is 1. The maximum atomic E-state index is 12.4. The molecular formula is C18H17ClN4O4S2. The lowest BCUT2D eigenvalue weighted by Crippen LogP contribution is -2.22. The first kappa shape index (κ1) is 21.2. The molecule has 3 rings (SSSR count). The van der Waals surface area contributed by atoms with Crippen LogP contribution < -0.4 is 10.0 Å². The predicted molar refractivity (Wildman–Crippen MR) is 112 cm³/mol. The van der Waals surface area contributed by atoms with E-state index in [0.29, 0.717) is 11.4 Å². The van der Waals surface area contributed by atoms with Gasteiger partial charge in [0.25, 0.3) is 10.0 Å². The van der Waals surface area contributed by atoms with E-state index < -0.39 is 10.0 Å². The van der Waals surface area contributed by atoms with Crippen LogP contribution in [-0.4, -0.2) is 29.8 Å². The first-order chi connectivity index (χ1) is 13.8. The zero-order valence-electron chi connectivity index (χ0n) is 15.2. The minimum atomic E-state index is -3.84. The molecule has 1 amide bonds. The van der Waals surface area contributed by atoms with Gasteiger partial charge in [-0.3, -0.25) is 9.52 Å². The number of sulfonamides is 1. The van der Waals surface area contributed by atoms with Crippen molar-refractivity contribution in [2.45, 2.75) is 22.8 Å². The van der Waals surface area contributed by atoms with Gasteiger partial charge in [0.1, 0.15) is 5.76 Å². The van der Waals surface area contributed by atoms with Crippen LogP contribution in [0.2, 0.25) is 5.15 Å². The zero-order chi connectivity index (χ0) is 20.9. The van der Waals surface area contributed by atoms with Gasteiger partial charge >= 0.3 is 0 Å². The molecule has 2 heterocycles. The van der Waals surface area contributed by atoms with Crippen LogP contribution in [0.25, 0.3) is 0 Å². The topological polar surface area (TPSA) is 114 Å². The van der Waals surface area contributed by atoms with Gasteiger partial charge in [0, 0.05) is 5.69 Å². The summed E-state index contributed by atoms with van der Waals surface area (Å²) in [5.41, 5.74) is 0.491. The van der Waals surface area contributed by atoms with E-state index in [-0.39, 0.29) is 27.0 Å². The van der Waals surface area contributed by atoms with Crippen molar-refractivity contribution < 1.29 is 17.6 Å². The molecule has 0 bridgehead atoms. The molecule has 0 aliphatic heterocycles. The first-order valence-electron chi connectivity index (χ1n) is 8.40. The molecule has 152 valence electrons. The number of benzene rings is 1. The highest BCUT2D eigenvalue weighted by molar-refractivity contribution is 7.99. The number of thioether (sulfide) groups is 1. The Morgan fingerprint density at radius 3 is 2.55 bits per heavy atom. The number of carbonyl (C=O) groups is 1. The third kappa shape index (κ3) is 5.96. The number of furan rings is 1. The lowest BCUT2D eigenvalue weighted by atomic mass is 10.3. The SMILES string of the molecule is CC(SCc1ccco1)C(=O)Nc1ccc(S(=O)(=O)Nc2ccc(Cl)nn2)cc1. The van der Waals surface area contributed by atoms with E-state index in [0.717, 1.165) is 5.76 Å². The molecule has 11 heteroatoms. The Kier molecular flexibility index (Phi) is 6.78. The van der Waals surface area contributed by atoms with Crippen molar-refractivity contribution in [1.82, 2.24) is 10.2 Å². The van der Waals surface area contributed by atoms with Crippen molar-refractivity contribution in [3.63, 3.8) is 0 Å². The smallest absolute Gasteiger partial charge is 0.263 e. The molecule has 8 nitrogen and oxygen atoms in total. The van der Waals surface area contributed by atoms with E-state index in [1.807, 2.05) is 6.07 Å². The Balaban J connectivity index is 1.58. The summed E-state index contributed by atoms with van der Waals surface area (Å²) < 4.78 is 32.4. The predicted octanol–water partition coefficient (Wildman–Crippen LogP) is 3.78. The van der Waals surface area contributed by atoms with Gasteiger partial charge in [0.15, 0.2) is 11.0 Å². The largest absolute Gasteiger partial charge is 0.468 e. The lowest BCUT2D eigenvalue weighted by molar-refractivity contribution is -0.115. The van der Waals surface area contributed by atoms with Crippen LogP contribution in [0.5, 0.6) is 0 Å². The van der Waals surface area contributed by atoms with E-state index >= 15 is 0 Å². The summed E-state index contributed by atoms with van der Waals surface area (Å²) in [5, 5.41) is 9.86. The fraction of sp³-hybridized carbons (Fsp3) is 0.167. The molecule has 0 spiro atoms. The van der Waals surface area contributed by atoms with Gasteiger partial charge in [0.2, 0.25) is 5.91 Å². The summed E-state index contributed by atoms with van der Waals surface area (Å²) in [7, 11) is -3.84. The maximum absolute atomic E-state index is 12.4. The molecule has 1 unspecified atom stereocenters. The molecule has 0 saturated heterocycles. The number of nitrogens with zero attached hydrogens (tertiary/aromatic N) is 2. The molecule has 0 aliphatic rings. The highest BCUT2D eigenvalue weighted by atomic mass is 35.5. The Bertz CT molecular complexity index is 1060. The first-order valence-corrected chi connectivity index (χ1v) is 11.3. The van der Waals surface area contributed by atoms with E-state index in [1.165, 1.54) is 48.2 Å². The fourth-order valence-corrected chi connectivity index (χ4v) is 4.09. The molecule has 2 aromatic heterocycles. The summed E-state index contributed by atoms with van der Waals surface area (Å²) in [6.07, 6.45) is 1.59. The molecule has 0 saturated carbocycles. The molecule has 3 aromatic rings. The van der Waals surface area contributed by atoms with Crippen LogP contribution in [-0.2, 0) is 20.6 Å². The Hall–Kier alpha value is -2.56.